The van der Waals surface area contributed by atoms with Crippen molar-refractivity contribution in [1.82, 2.24) is 25.5 Å². The van der Waals surface area contributed by atoms with Gasteiger partial charge in [-0.25, -0.2) is 0 Å². The summed E-state index contributed by atoms with van der Waals surface area (Å²) >= 11 is 7.82. The van der Waals surface area contributed by atoms with Gasteiger partial charge in [-0.05, 0) is 42.5 Å². The first-order chi connectivity index (χ1) is 14.1. The molecule has 9 heteroatoms. The summed E-state index contributed by atoms with van der Waals surface area (Å²) in [6.45, 7) is 5.35. The topological polar surface area (TPSA) is 74.1 Å². The molecule has 0 unspecified atom stereocenters. The highest BCUT2D eigenvalue weighted by molar-refractivity contribution is 7.99. The number of ether oxygens (including phenoxy) is 2. The van der Waals surface area contributed by atoms with Crippen LogP contribution in [-0.2, 0) is 6.54 Å². The predicted octanol–water partition coefficient (Wildman–Crippen LogP) is 3.99. The molecule has 0 saturated carbocycles. The first-order valence-corrected chi connectivity index (χ1v) is 10.6. The molecule has 0 fully saturated rings. The van der Waals surface area contributed by atoms with Gasteiger partial charge in [-0.1, -0.05) is 41.6 Å². The number of halogens is 1. The Bertz CT molecular complexity index is 920. The van der Waals surface area contributed by atoms with Gasteiger partial charge in [-0.2, -0.15) is 4.68 Å². The van der Waals surface area contributed by atoms with Gasteiger partial charge in [-0.15, -0.1) is 5.10 Å². The fourth-order valence-electron chi connectivity index (χ4n) is 2.71. The first-order valence-electron chi connectivity index (χ1n) is 9.29. The molecule has 1 aromatic heterocycles. The van der Waals surface area contributed by atoms with E-state index in [0.717, 1.165) is 34.5 Å². The van der Waals surface area contributed by atoms with E-state index in [-0.39, 0.29) is 6.10 Å². The van der Waals surface area contributed by atoms with Crippen LogP contribution in [0.2, 0.25) is 5.02 Å². The standard InChI is InChI=1S/C20H24ClN5O2S/c1-14(2)28-19-15(11-16(21)12-18(19)27-3)13-22-9-10-29-20-23-24-25-26(20)17-7-5-4-6-8-17/h4-8,11-12,14,22H,9-10,13H2,1-3H3. The first kappa shape index (κ1) is 21.4. The number of nitrogens with zero attached hydrogens (tertiary/aromatic N) is 4. The third-order valence-electron chi connectivity index (χ3n) is 3.94. The summed E-state index contributed by atoms with van der Waals surface area (Å²) in [5, 5.41) is 16.8. The zero-order chi connectivity index (χ0) is 20.6. The lowest BCUT2D eigenvalue weighted by Crippen LogP contribution is -2.18. The Labute approximate surface area is 179 Å². The van der Waals surface area contributed by atoms with Crippen molar-refractivity contribution in [1.29, 1.82) is 0 Å². The van der Waals surface area contributed by atoms with Gasteiger partial charge in [0, 0.05) is 35.5 Å². The lowest BCUT2D eigenvalue weighted by atomic mass is 10.1. The smallest absolute Gasteiger partial charge is 0.214 e. The lowest BCUT2D eigenvalue weighted by Gasteiger charge is -2.18. The van der Waals surface area contributed by atoms with Crippen molar-refractivity contribution in [2.75, 3.05) is 19.4 Å². The zero-order valence-corrected chi connectivity index (χ0v) is 18.2. The van der Waals surface area contributed by atoms with Gasteiger partial charge >= 0.3 is 0 Å². The van der Waals surface area contributed by atoms with Crippen LogP contribution in [0.25, 0.3) is 5.69 Å². The van der Waals surface area contributed by atoms with Crippen molar-refractivity contribution in [3.8, 4) is 17.2 Å². The van der Waals surface area contributed by atoms with Crippen LogP contribution < -0.4 is 14.8 Å². The van der Waals surface area contributed by atoms with Gasteiger partial charge in [0.2, 0.25) is 5.16 Å². The number of nitrogens with one attached hydrogen (secondary N) is 1. The quantitative estimate of drug-likeness (QED) is 0.382. The van der Waals surface area contributed by atoms with Gasteiger partial charge in [-0.3, -0.25) is 0 Å². The SMILES string of the molecule is COc1cc(Cl)cc(CNCCSc2nnnn2-c2ccccc2)c1OC(C)C. The summed E-state index contributed by atoms with van der Waals surface area (Å²) in [5.41, 5.74) is 1.90. The highest BCUT2D eigenvalue weighted by Crippen LogP contribution is 2.35. The molecule has 29 heavy (non-hydrogen) atoms. The molecule has 2 aromatic carbocycles. The van der Waals surface area contributed by atoms with Crippen LogP contribution in [0.3, 0.4) is 0 Å². The van der Waals surface area contributed by atoms with Crippen molar-refractivity contribution >= 4 is 23.4 Å². The van der Waals surface area contributed by atoms with Crippen LogP contribution in [0.5, 0.6) is 11.5 Å². The Morgan fingerprint density at radius 2 is 2.00 bits per heavy atom. The summed E-state index contributed by atoms with van der Waals surface area (Å²) in [6, 6.07) is 13.5. The highest BCUT2D eigenvalue weighted by Gasteiger charge is 2.14. The van der Waals surface area contributed by atoms with Gasteiger partial charge in [0.25, 0.3) is 0 Å². The fraction of sp³-hybridized carbons (Fsp3) is 0.350. The molecule has 3 rings (SSSR count). The zero-order valence-electron chi connectivity index (χ0n) is 16.6. The molecule has 0 aliphatic rings. The van der Waals surface area contributed by atoms with Gasteiger partial charge in [0.1, 0.15) is 0 Å². The van der Waals surface area contributed by atoms with E-state index in [4.69, 9.17) is 21.1 Å². The van der Waals surface area contributed by atoms with E-state index in [0.29, 0.717) is 17.3 Å². The van der Waals surface area contributed by atoms with Crippen molar-refractivity contribution in [3.63, 3.8) is 0 Å². The maximum absolute atomic E-state index is 6.23. The summed E-state index contributed by atoms with van der Waals surface area (Å²) in [7, 11) is 1.61. The van der Waals surface area contributed by atoms with Crippen LogP contribution in [0.1, 0.15) is 19.4 Å². The van der Waals surface area contributed by atoms with E-state index >= 15 is 0 Å². The molecule has 7 nitrogen and oxygen atoms in total. The normalized spacial score (nSPS) is 11.1. The second-order valence-electron chi connectivity index (χ2n) is 6.50. The van der Waals surface area contributed by atoms with E-state index in [1.807, 2.05) is 50.2 Å². The van der Waals surface area contributed by atoms with Gasteiger partial charge in [0.05, 0.1) is 18.9 Å². The summed E-state index contributed by atoms with van der Waals surface area (Å²) < 4.78 is 13.1. The largest absolute Gasteiger partial charge is 0.493 e. The second-order valence-corrected chi connectivity index (χ2v) is 8.00. The van der Waals surface area contributed by atoms with Crippen molar-refractivity contribution in [3.05, 3.63) is 53.1 Å². The van der Waals surface area contributed by atoms with E-state index in [2.05, 4.69) is 20.8 Å². The molecule has 0 spiro atoms. The molecular formula is C20H24ClN5O2S. The summed E-state index contributed by atoms with van der Waals surface area (Å²) in [5.74, 6) is 2.17. The number of methoxy groups -OCH3 is 1. The van der Waals surface area contributed by atoms with E-state index < -0.39 is 0 Å². The number of rotatable bonds is 10. The Kier molecular flexibility index (Phi) is 7.74. The molecule has 3 aromatic rings. The molecule has 0 atom stereocenters. The molecule has 1 N–H and O–H groups in total. The Morgan fingerprint density at radius 1 is 1.21 bits per heavy atom. The number of hydrogen-bond acceptors (Lipinski definition) is 7. The van der Waals surface area contributed by atoms with Crippen molar-refractivity contribution in [2.24, 2.45) is 0 Å². The van der Waals surface area contributed by atoms with Crippen LogP contribution in [0.15, 0.2) is 47.6 Å². The number of para-hydroxylation sites is 1. The average Bonchev–Trinajstić information content (AvgIpc) is 3.18. The lowest BCUT2D eigenvalue weighted by molar-refractivity contribution is 0.227. The Hall–Kier alpha value is -2.29. The van der Waals surface area contributed by atoms with E-state index in [9.17, 15) is 0 Å². The van der Waals surface area contributed by atoms with Crippen LogP contribution in [0.4, 0.5) is 0 Å². The average molecular weight is 434 g/mol. The van der Waals surface area contributed by atoms with E-state index in [1.165, 1.54) is 0 Å². The minimum atomic E-state index is 0.0382. The van der Waals surface area contributed by atoms with Crippen LogP contribution in [-0.4, -0.2) is 45.7 Å². The molecule has 0 bridgehead atoms. The molecule has 1 heterocycles. The molecule has 0 aliphatic carbocycles. The number of thioether (sulfide) groups is 1. The third-order valence-corrected chi connectivity index (χ3v) is 5.08. The molecule has 0 amide bonds. The van der Waals surface area contributed by atoms with E-state index in [1.54, 1.807) is 29.6 Å². The minimum Gasteiger partial charge on any atom is -0.493 e. The second kappa shape index (κ2) is 10.5. The monoisotopic (exact) mass is 433 g/mol. The third kappa shape index (κ3) is 5.85. The van der Waals surface area contributed by atoms with Crippen LogP contribution >= 0.6 is 23.4 Å². The van der Waals surface area contributed by atoms with Crippen molar-refractivity contribution < 1.29 is 9.47 Å². The number of aromatic nitrogens is 4. The predicted molar refractivity (Wildman–Crippen MR) is 115 cm³/mol. The number of tetrazole rings is 1. The number of benzene rings is 2. The minimum absolute atomic E-state index is 0.0382. The van der Waals surface area contributed by atoms with Gasteiger partial charge in [0.15, 0.2) is 11.5 Å². The summed E-state index contributed by atoms with van der Waals surface area (Å²) in [6.07, 6.45) is 0.0382. The molecule has 154 valence electrons. The molecule has 0 saturated heterocycles. The Morgan fingerprint density at radius 3 is 2.72 bits per heavy atom. The molecular weight excluding hydrogens is 410 g/mol. The highest BCUT2D eigenvalue weighted by atomic mass is 35.5. The fourth-order valence-corrected chi connectivity index (χ4v) is 3.73. The summed E-state index contributed by atoms with van der Waals surface area (Å²) in [4.78, 5) is 0. The van der Waals surface area contributed by atoms with Gasteiger partial charge < -0.3 is 14.8 Å². The maximum Gasteiger partial charge on any atom is 0.214 e. The molecule has 0 radical (unpaired) electrons. The van der Waals surface area contributed by atoms with Crippen LogP contribution in [0, 0.1) is 0 Å². The maximum atomic E-state index is 6.23. The molecule has 0 aliphatic heterocycles. The number of hydrogen-bond donors (Lipinski definition) is 1. The Balaban J connectivity index is 1.57. The van der Waals surface area contributed by atoms with Crippen molar-refractivity contribution in [2.45, 2.75) is 31.7 Å².